The second kappa shape index (κ2) is 7.46. The normalized spacial score (nSPS) is 10.4. The molecule has 0 unspecified atom stereocenters. The molecule has 2 rings (SSSR count). The topological polar surface area (TPSA) is 35.5 Å². The number of carbonyl (C=O) groups excluding carboxylic acids is 1. The van der Waals surface area contributed by atoms with Crippen LogP contribution in [0.15, 0.2) is 42.5 Å². The Hall–Kier alpha value is -1.55. The van der Waals surface area contributed by atoms with Crippen LogP contribution in [0, 0.1) is 0 Å². The van der Waals surface area contributed by atoms with E-state index in [9.17, 15) is 4.79 Å². The van der Waals surface area contributed by atoms with Gasteiger partial charge in [-0.1, -0.05) is 29.3 Å². The van der Waals surface area contributed by atoms with Crippen molar-refractivity contribution in [1.82, 2.24) is 0 Å². The molecule has 0 aliphatic carbocycles. The molecule has 2 aromatic rings. The molecule has 110 valence electrons. The second-order valence-electron chi connectivity index (χ2n) is 4.42. The van der Waals surface area contributed by atoms with Crippen molar-refractivity contribution in [2.24, 2.45) is 0 Å². The molecule has 0 fully saturated rings. The van der Waals surface area contributed by atoms with Gasteiger partial charge in [0.1, 0.15) is 19.0 Å². The SMILES string of the molecule is COCC(=O)c1ccc(OCc2ccc(Cl)c(Cl)c2)cc1. The van der Waals surface area contributed by atoms with Crippen LogP contribution >= 0.6 is 23.2 Å². The number of methoxy groups -OCH3 is 1. The summed E-state index contributed by atoms with van der Waals surface area (Å²) in [6, 6.07) is 12.3. The van der Waals surface area contributed by atoms with E-state index >= 15 is 0 Å². The van der Waals surface area contributed by atoms with Gasteiger partial charge >= 0.3 is 0 Å². The Kier molecular flexibility index (Phi) is 5.62. The third kappa shape index (κ3) is 4.46. The molecule has 0 aromatic heterocycles. The summed E-state index contributed by atoms with van der Waals surface area (Å²) in [6.07, 6.45) is 0. The van der Waals surface area contributed by atoms with Crippen molar-refractivity contribution in [1.29, 1.82) is 0 Å². The van der Waals surface area contributed by atoms with Crippen LogP contribution in [-0.4, -0.2) is 19.5 Å². The van der Waals surface area contributed by atoms with Gasteiger partial charge < -0.3 is 9.47 Å². The van der Waals surface area contributed by atoms with Crippen molar-refractivity contribution in [2.45, 2.75) is 6.61 Å². The zero-order valence-corrected chi connectivity index (χ0v) is 12.9. The maximum Gasteiger partial charge on any atom is 0.188 e. The van der Waals surface area contributed by atoms with E-state index in [0.29, 0.717) is 28.0 Å². The van der Waals surface area contributed by atoms with E-state index in [0.717, 1.165) is 5.56 Å². The van der Waals surface area contributed by atoms with E-state index in [4.69, 9.17) is 32.7 Å². The van der Waals surface area contributed by atoms with E-state index in [1.54, 1.807) is 36.4 Å². The second-order valence-corrected chi connectivity index (χ2v) is 5.23. The average molecular weight is 325 g/mol. The molecular weight excluding hydrogens is 311 g/mol. The van der Waals surface area contributed by atoms with Gasteiger partial charge in [-0.05, 0) is 42.0 Å². The molecule has 0 amide bonds. The molecule has 0 N–H and O–H groups in total. The van der Waals surface area contributed by atoms with Crippen LogP contribution in [0.25, 0.3) is 0 Å². The maximum absolute atomic E-state index is 11.6. The van der Waals surface area contributed by atoms with Crippen molar-refractivity contribution in [3.8, 4) is 5.75 Å². The molecule has 0 saturated heterocycles. The fraction of sp³-hybridized carbons (Fsp3) is 0.188. The lowest BCUT2D eigenvalue weighted by atomic mass is 10.1. The van der Waals surface area contributed by atoms with E-state index in [-0.39, 0.29) is 12.4 Å². The van der Waals surface area contributed by atoms with Crippen molar-refractivity contribution in [2.75, 3.05) is 13.7 Å². The largest absolute Gasteiger partial charge is 0.489 e. The first-order valence-corrected chi connectivity index (χ1v) is 7.04. The Labute approximate surface area is 133 Å². The first-order valence-electron chi connectivity index (χ1n) is 6.29. The quantitative estimate of drug-likeness (QED) is 0.739. The Balaban J connectivity index is 1.97. The first kappa shape index (κ1) is 15.8. The fourth-order valence-electron chi connectivity index (χ4n) is 1.75. The summed E-state index contributed by atoms with van der Waals surface area (Å²) in [6.45, 7) is 0.450. The molecule has 0 saturated carbocycles. The van der Waals surface area contributed by atoms with Crippen LogP contribution in [-0.2, 0) is 11.3 Å². The number of carbonyl (C=O) groups is 1. The highest BCUT2D eigenvalue weighted by Crippen LogP contribution is 2.23. The molecule has 0 bridgehead atoms. The minimum Gasteiger partial charge on any atom is -0.489 e. The molecule has 0 heterocycles. The number of ketones is 1. The molecule has 21 heavy (non-hydrogen) atoms. The highest BCUT2D eigenvalue weighted by Gasteiger charge is 2.05. The van der Waals surface area contributed by atoms with Crippen LogP contribution in [0.5, 0.6) is 5.75 Å². The predicted octanol–water partition coefficient (Wildman–Crippen LogP) is 4.40. The van der Waals surface area contributed by atoms with Crippen LogP contribution in [0.4, 0.5) is 0 Å². The Morgan fingerprint density at radius 1 is 1.05 bits per heavy atom. The maximum atomic E-state index is 11.6. The lowest BCUT2D eigenvalue weighted by Crippen LogP contribution is -2.06. The third-order valence-electron chi connectivity index (χ3n) is 2.84. The summed E-state index contributed by atoms with van der Waals surface area (Å²) >= 11 is 11.8. The summed E-state index contributed by atoms with van der Waals surface area (Å²) in [7, 11) is 1.49. The van der Waals surface area contributed by atoms with E-state index in [2.05, 4.69) is 0 Å². The van der Waals surface area contributed by atoms with Gasteiger partial charge in [-0.25, -0.2) is 0 Å². The van der Waals surface area contributed by atoms with Gasteiger partial charge in [-0.2, -0.15) is 0 Å². The molecule has 2 aromatic carbocycles. The summed E-state index contributed by atoms with van der Waals surface area (Å²) in [4.78, 5) is 11.6. The molecule has 5 heteroatoms. The van der Waals surface area contributed by atoms with Crippen LogP contribution in [0.2, 0.25) is 10.0 Å². The summed E-state index contributed by atoms with van der Waals surface area (Å²) in [5.74, 6) is 0.614. The highest BCUT2D eigenvalue weighted by atomic mass is 35.5. The number of Topliss-reactive ketones (excluding diaryl/α,β-unsaturated/α-hetero) is 1. The van der Waals surface area contributed by atoms with Gasteiger partial charge in [0.15, 0.2) is 5.78 Å². The number of hydrogen-bond donors (Lipinski definition) is 0. The van der Waals surface area contributed by atoms with E-state index in [1.165, 1.54) is 7.11 Å². The monoisotopic (exact) mass is 324 g/mol. The lowest BCUT2D eigenvalue weighted by Gasteiger charge is -2.08. The van der Waals surface area contributed by atoms with Crippen molar-refractivity contribution in [3.05, 3.63) is 63.6 Å². The zero-order chi connectivity index (χ0) is 15.2. The van der Waals surface area contributed by atoms with Gasteiger partial charge in [-0.3, -0.25) is 4.79 Å². The van der Waals surface area contributed by atoms with Crippen molar-refractivity contribution in [3.63, 3.8) is 0 Å². The molecule has 3 nitrogen and oxygen atoms in total. The van der Waals surface area contributed by atoms with Gasteiger partial charge in [-0.15, -0.1) is 0 Å². The predicted molar refractivity (Wildman–Crippen MR) is 83.4 cm³/mol. The zero-order valence-electron chi connectivity index (χ0n) is 11.4. The molecule has 0 aliphatic rings. The van der Waals surface area contributed by atoms with Crippen LogP contribution in [0.3, 0.4) is 0 Å². The van der Waals surface area contributed by atoms with E-state index < -0.39 is 0 Å². The number of halogens is 2. The minimum absolute atomic E-state index is 0.0615. The molecular formula is C16H14Cl2O3. The number of rotatable bonds is 6. The van der Waals surface area contributed by atoms with Crippen LogP contribution in [0.1, 0.15) is 15.9 Å². The molecule has 0 atom stereocenters. The number of ether oxygens (including phenoxy) is 2. The molecule has 0 aliphatic heterocycles. The van der Waals surface area contributed by atoms with Crippen molar-refractivity contribution < 1.29 is 14.3 Å². The van der Waals surface area contributed by atoms with Crippen LogP contribution < -0.4 is 4.74 Å². The molecule has 0 radical (unpaired) electrons. The van der Waals surface area contributed by atoms with Gasteiger partial charge in [0, 0.05) is 12.7 Å². The van der Waals surface area contributed by atoms with Crippen molar-refractivity contribution >= 4 is 29.0 Å². The Morgan fingerprint density at radius 3 is 2.38 bits per heavy atom. The highest BCUT2D eigenvalue weighted by molar-refractivity contribution is 6.42. The Bertz CT molecular complexity index is 624. The lowest BCUT2D eigenvalue weighted by molar-refractivity contribution is 0.0848. The smallest absolute Gasteiger partial charge is 0.188 e. The minimum atomic E-state index is -0.0615. The fourth-order valence-corrected chi connectivity index (χ4v) is 2.07. The molecule has 0 spiro atoms. The number of benzene rings is 2. The third-order valence-corrected chi connectivity index (χ3v) is 3.58. The van der Waals surface area contributed by atoms with Gasteiger partial charge in [0.25, 0.3) is 0 Å². The van der Waals surface area contributed by atoms with Gasteiger partial charge in [0.05, 0.1) is 10.0 Å². The standard InChI is InChI=1S/C16H14Cl2O3/c1-20-10-16(19)12-3-5-13(6-4-12)21-9-11-2-7-14(17)15(18)8-11/h2-8H,9-10H2,1H3. The first-order chi connectivity index (χ1) is 10.1. The van der Waals surface area contributed by atoms with Gasteiger partial charge in [0.2, 0.25) is 0 Å². The summed E-state index contributed by atoms with van der Waals surface area (Å²) in [5, 5.41) is 1.01. The number of hydrogen-bond acceptors (Lipinski definition) is 3. The summed E-state index contributed by atoms with van der Waals surface area (Å²) < 4.78 is 10.4. The average Bonchev–Trinajstić information content (AvgIpc) is 2.49. The summed E-state index contributed by atoms with van der Waals surface area (Å²) in [5.41, 5.74) is 1.52. The Morgan fingerprint density at radius 2 is 1.76 bits per heavy atom. The van der Waals surface area contributed by atoms with E-state index in [1.807, 2.05) is 6.07 Å².